The summed E-state index contributed by atoms with van der Waals surface area (Å²) in [7, 11) is 0. The number of aryl methyl sites for hydroxylation is 1. The summed E-state index contributed by atoms with van der Waals surface area (Å²) in [5, 5.41) is 4.34. The molecule has 1 N–H and O–H groups in total. The predicted octanol–water partition coefficient (Wildman–Crippen LogP) is 4.61. The average Bonchev–Trinajstić information content (AvgIpc) is 2.84. The molecule has 3 rings (SSSR count). The van der Waals surface area contributed by atoms with Crippen molar-refractivity contribution in [1.29, 1.82) is 0 Å². The molecule has 0 bridgehead atoms. The van der Waals surface area contributed by atoms with E-state index in [0.717, 1.165) is 23.6 Å². The zero-order chi connectivity index (χ0) is 12.5. The summed E-state index contributed by atoms with van der Waals surface area (Å²) in [5.74, 6) is 0. The van der Waals surface area contributed by atoms with Gasteiger partial charge in [0.25, 0.3) is 0 Å². The van der Waals surface area contributed by atoms with Crippen LogP contribution in [-0.4, -0.2) is 0 Å². The lowest BCUT2D eigenvalue weighted by molar-refractivity contribution is 0.823. The molecule has 2 heteroatoms. The molecule has 0 saturated carbocycles. The lowest BCUT2D eigenvalue weighted by atomic mass is 10.0. The second kappa shape index (κ2) is 4.66. The second-order valence-electron chi connectivity index (χ2n) is 4.77. The molecule has 0 aromatic heterocycles. The van der Waals surface area contributed by atoms with Crippen LogP contribution in [0, 0.1) is 0 Å². The van der Waals surface area contributed by atoms with Crippen molar-refractivity contribution in [1.82, 2.24) is 0 Å². The van der Waals surface area contributed by atoms with Crippen LogP contribution in [0.3, 0.4) is 0 Å². The molecule has 1 aliphatic heterocycles. The molecule has 0 aliphatic carbocycles. The standard InChI is InChI=1S/C16H16ClN/c1-2-11-6-8-12(9-7-11)15-10-13-4-3-5-14(17)16(13)18-15/h3-9,15,18H,2,10H2,1H3. The maximum Gasteiger partial charge on any atom is 0.0640 e. The van der Waals surface area contributed by atoms with E-state index in [2.05, 4.69) is 42.6 Å². The van der Waals surface area contributed by atoms with Crippen LogP contribution < -0.4 is 5.32 Å². The van der Waals surface area contributed by atoms with E-state index in [-0.39, 0.29) is 0 Å². The van der Waals surface area contributed by atoms with Gasteiger partial charge >= 0.3 is 0 Å². The minimum Gasteiger partial charge on any atom is -0.376 e. The summed E-state index contributed by atoms with van der Waals surface area (Å²) in [6, 6.07) is 15.3. The van der Waals surface area contributed by atoms with Crippen LogP contribution in [0.2, 0.25) is 5.02 Å². The van der Waals surface area contributed by atoms with E-state index in [1.54, 1.807) is 0 Å². The first-order chi connectivity index (χ1) is 8.78. The van der Waals surface area contributed by atoms with Gasteiger partial charge in [0, 0.05) is 0 Å². The van der Waals surface area contributed by atoms with Crippen molar-refractivity contribution in [2.75, 3.05) is 5.32 Å². The highest BCUT2D eigenvalue weighted by molar-refractivity contribution is 6.33. The molecule has 1 nitrogen and oxygen atoms in total. The van der Waals surface area contributed by atoms with E-state index in [1.165, 1.54) is 16.7 Å². The fourth-order valence-corrected chi connectivity index (χ4v) is 2.78. The number of hydrogen-bond donors (Lipinski definition) is 1. The average molecular weight is 258 g/mol. The van der Waals surface area contributed by atoms with E-state index in [4.69, 9.17) is 11.6 Å². The van der Waals surface area contributed by atoms with E-state index < -0.39 is 0 Å². The number of hydrogen-bond acceptors (Lipinski definition) is 1. The molecule has 0 spiro atoms. The highest BCUT2D eigenvalue weighted by Crippen LogP contribution is 2.38. The third-order valence-corrected chi connectivity index (χ3v) is 3.95. The second-order valence-corrected chi connectivity index (χ2v) is 5.18. The van der Waals surface area contributed by atoms with Gasteiger partial charge in [-0.3, -0.25) is 0 Å². The van der Waals surface area contributed by atoms with Crippen molar-refractivity contribution < 1.29 is 0 Å². The zero-order valence-corrected chi connectivity index (χ0v) is 11.2. The van der Waals surface area contributed by atoms with Crippen LogP contribution in [0.25, 0.3) is 0 Å². The fourth-order valence-electron chi connectivity index (χ4n) is 2.53. The predicted molar refractivity (Wildman–Crippen MR) is 77.3 cm³/mol. The Bertz CT molecular complexity index is 560. The normalized spacial score (nSPS) is 17.3. The monoisotopic (exact) mass is 257 g/mol. The third kappa shape index (κ3) is 1.99. The SMILES string of the molecule is CCc1ccc(C2Cc3cccc(Cl)c3N2)cc1. The molecule has 1 aliphatic rings. The molecular formula is C16H16ClN. The van der Waals surface area contributed by atoms with Gasteiger partial charge in [0.1, 0.15) is 0 Å². The first-order valence-corrected chi connectivity index (χ1v) is 6.78. The Hall–Kier alpha value is -1.47. The number of fused-ring (bicyclic) bond motifs is 1. The molecule has 0 saturated heterocycles. The molecule has 1 heterocycles. The van der Waals surface area contributed by atoms with Gasteiger partial charge in [-0.1, -0.05) is 54.9 Å². The molecular weight excluding hydrogens is 242 g/mol. The maximum absolute atomic E-state index is 6.21. The van der Waals surface area contributed by atoms with E-state index >= 15 is 0 Å². The van der Waals surface area contributed by atoms with Crippen molar-refractivity contribution in [3.05, 3.63) is 64.2 Å². The summed E-state index contributed by atoms with van der Waals surface area (Å²) >= 11 is 6.21. The summed E-state index contributed by atoms with van der Waals surface area (Å²) < 4.78 is 0. The zero-order valence-electron chi connectivity index (χ0n) is 10.4. The van der Waals surface area contributed by atoms with Crippen LogP contribution in [0.4, 0.5) is 5.69 Å². The highest BCUT2D eigenvalue weighted by Gasteiger charge is 2.23. The van der Waals surface area contributed by atoms with Crippen molar-refractivity contribution in [3.63, 3.8) is 0 Å². The lowest BCUT2D eigenvalue weighted by Crippen LogP contribution is -2.05. The van der Waals surface area contributed by atoms with Gasteiger partial charge in [0.15, 0.2) is 0 Å². The largest absolute Gasteiger partial charge is 0.376 e. The lowest BCUT2D eigenvalue weighted by Gasteiger charge is -2.12. The van der Waals surface area contributed by atoms with Crippen LogP contribution in [0.15, 0.2) is 42.5 Å². The van der Waals surface area contributed by atoms with E-state index in [0.29, 0.717) is 6.04 Å². The first kappa shape index (κ1) is 11.6. The molecule has 18 heavy (non-hydrogen) atoms. The van der Waals surface area contributed by atoms with Gasteiger partial charge in [-0.2, -0.15) is 0 Å². The van der Waals surface area contributed by atoms with Gasteiger partial charge in [0.05, 0.1) is 16.8 Å². The fraction of sp³-hybridized carbons (Fsp3) is 0.250. The third-order valence-electron chi connectivity index (χ3n) is 3.63. The Morgan fingerprint density at radius 2 is 1.94 bits per heavy atom. The molecule has 2 aromatic carbocycles. The number of rotatable bonds is 2. The smallest absolute Gasteiger partial charge is 0.0640 e. The molecule has 0 radical (unpaired) electrons. The minimum absolute atomic E-state index is 0.353. The summed E-state index contributed by atoms with van der Waals surface area (Å²) in [6.45, 7) is 2.18. The highest BCUT2D eigenvalue weighted by atomic mass is 35.5. The summed E-state index contributed by atoms with van der Waals surface area (Å²) in [4.78, 5) is 0. The van der Waals surface area contributed by atoms with Crippen molar-refractivity contribution in [2.24, 2.45) is 0 Å². The van der Waals surface area contributed by atoms with Gasteiger partial charge < -0.3 is 5.32 Å². The topological polar surface area (TPSA) is 12.0 Å². The van der Waals surface area contributed by atoms with Crippen molar-refractivity contribution in [3.8, 4) is 0 Å². The quantitative estimate of drug-likeness (QED) is 0.828. The van der Waals surface area contributed by atoms with Crippen LogP contribution >= 0.6 is 11.6 Å². The Morgan fingerprint density at radius 3 is 2.61 bits per heavy atom. The summed E-state index contributed by atoms with van der Waals surface area (Å²) in [5.41, 5.74) is 5.13. The Labute approximate surface area is 113 Å². The Morgan fingerprint density at radius 1 is 1.17 bits per heavy atom. The van der Waals surface area contributed by atoms with Gasteiger partial charge in [-0.15, -0.1) is 0 Å². The van der Waals surface area contributed by atoms with Crippen LogP contribution in [0.5, 0.6) is 0 Å². The molecule has 0 fully saturated rings. The molecule has 1 unspecified atom stereocenters. The van der Waals surface area contributed by atoms with Crippen LogP contribution in [-0.2, 0) is 12.8 Å². The Kier molecular flexibility index (Phi) is 3.00. The number of anilines is 1. The maximum atomic E-state index is 6.21. The number of halogens is 1. The Balaban J connectivity index is 1.86. The molecule has 92 valence electrons. The number of nitrogens with one attached hydrogen (secondary N) is 1. The number of benzene rings is 2. The minimum atomic E-state index is 0.353. The van der Waals surface area contributed by atoms with E-state index in [1.807, 2.05) is 12.1 Å². The van der Waals surface area contributed by atoms with Gasteiger partial charge in [-0.25, -0.2) is 0 Å². The van der Waals surface area contributed by atoms with Crippen LogP contribution in [0.1, 0.15) is 29.7 Å². The van der Waals surface area contributed by atoms with Gasteiger partial charge in [-0.05, 0) is 35.6 Å². The summed E-state index contributed by atoms with van der Waals surface area (Å²) in [6.07, 6.45) is 2.10. The van der Waals surface area contributed by atoms with Crippen molar-refractivity contribution in [2.45, 2.75) is 25.8 Å². The first-order valence-electron chi connectivity index (χ1n) is 6.40. The van der Waals surface area contributed by atoms with Gasteiger partial charge in [0.2, 0.25) is 0 Å². The van der Waals surface area contributed by atoms with Crippen molar-refractivity contribution >= 4 is 17.3 Å². The molecule has 0 amide bonds. The van der Waals surface area contributed by atoms with E-state index in [9.17, 15) is 0 Å². The number of para-hydroxylation sites is 1. The molecule has 2 aromatic rings. The molecule has 1 atom stereocenters.